The monoisotopic (exact) mass is 186 g/mol. The highest BCUT2D eigenvalue weighted by Gasteiger charge is 2.28. The van der Waals surface area contributed by atoms with Crippen LogP contribution in [0.4, 0.5) is 0 Å². The Morgan fingerprint density at radius 3 is 2.46 bits per heavy atom. The normalized spacial score (nSPS) is 30.0. The van der Waals surface area contributed by atoms with E-state index in [1.54, 1.807) is 0 Å². The molecule has 1 aliphatic heterocycles. The highest BCUT2D eigenvalue weighted by molar-refractivity contribution is 4.87. The van der Waals surface area contributed by atoms with Gasteiger partial charge in [-0.25, -0.2) is 0 Å². The third-order valence-electron chi connectivity index (χ3n) is 2.93. The number of nitrogens with one attached hydrogen (secondary N) is 1. The summed E-state index contributed by atoms with van der Waals surface area (Å²) >= 11 is 0. The number of hydrogen-bond acceptors (Lipinski definition) is 3. The molecule has 1 saturated heterocycles. The third-order valence-corrected chi connectivity index (χ3v) is 2.93. The van der Waals surface area contributed by atoms with Crippen molar-refractivity contribution < 1.29 is 5.11 Å². The van der Waals surface area contributed by atoms with Gasteiger partial charge in [-0.2, -0.15) is 0 Å². The zero-order chi connectivity index (χ0) is 10.1. The molecule has 2 N–H and O–H groups in total. The lowest BCUT2D eigenvalue weighted by atomic mass is 10.0. The zero-order valence-electron chi connectivity index (χ0n) is 9.17. The quantitative estimate of drug-likeness (QED) is 0.657. The smallest absolute Gasteiger partial charge is 0.0717 e. The number of nitrogens with zero attached hydrogens (tertiary/aromatic N) is 1. The van der Waals surface area contributed by atoms with Gasteiger partial charge in [0.15, 0.2) is 0 Å². The van der Waals surface area contributed by atoms with Crippen molar-refractivity contribution in [2.75, 3.05) is 20.1 Å². The van der Waals surface area contributed by atoms with Crippen LogP contribution in [0.2, 0.25) is 0 Å². The van der Waals surface area contributed by atoms with E-state index in [-0.39, 0.29) is 17.7 Å². The fraction of sp³-hybridized carbons (Fsp3) is 1.00. The van der Waals surface area contributed by atoms with Gasteiger partial charge in [-0.15, -0.1) is 0 Å². The topological polar surface area (TPSA) is 35.5 Å². The molecule has 0 aliphatic carbocycles. The Morgan fingerprint density at radius 2 is 2.08 bits per heavy atom. The largest absolute Gasteiger partial charge is 0.391 e. The van der Waals surface area contributed by atoms with Gasteiger partial charge >= 0.3 is 0 Å². The molecule has 3 heteroatoms. The Bertz CT molecular complexity index is 165. The van der Waals surface area contributed by atoms with Crippen molar-refractivity contribution in [1.29, 1.82) is 0 Å². The molecule has 1 fully saturated rings. The number of aliphatic hydroxyl groups excluding tert-OH is 1. The molecule has 0 aromatic rings. The molecule has 2 unspecified atom stereocenters. The van der Waals surface area contributed by atoms with Crippen LogP contribution >= 0.6 is 0 Å². The first-order chi connectivity index (χ1) is 5.91. The first-order valence-corrected chi connectivity index (χ1v) is 5.04. The predicted octanol–water partition coefficient (Wildman–Crippen LogP) is 0.439. The standard InChI is InChI=1S/C10H22N2O/c1-10(2,3)12(4)7-8-9(13)5-6-11-8/h8-9,11,13H,5-7H2,1-4H3. The molecule has 0 bridgehead atoms. The molecular formula is C10H22N2O. The van der Waals surface area contributed by atoms with Crippen molar-refractivity contribution >= 4 is 0 Å². The lowest BCUT2D eigenvalue weighted by Crippen LogP contribution is -2.48. The molecule has 13 heavy (non-hydrogen) atoms. The summed E-state index contributed by atoms with van der Waals surface area (Å²) in [5.41, 5.74) is 0.185. The Labute approximate surface area is 81.1 Å². The van der Waals surface area contributed by atoms with Crippen LogP contribution in [0.1, 0.15) is 27.2 Å². The Balaban J connectivity index is 2.40. The maximum atomic E-state index is 9.61. The lowest BCUT2D eigenvalue weighted by Gasteiger charge is -2.34. The van der Waals surface area contributed by atoms with E-state index in [9.17, 15) is 5.11 Å². The summed E-state index contributed by atoms with van der Waals surface area (Å²) in [6.07, 6.45) is 0.729. The second-order valence-corrected chi connectivity index (χ2v) is 4.97. The van der Waals surface area contributed by atoms with Crippen LogP contribution in [0, 0.1) is 0 Å². The van der Waals surface area contributed by atoms with Crippen LogP contribution in [0.15, 0.2) is 0 Å². The van der Waals surface area contributed by atoms with E-state index in [2.05, 4.69) is 38.0 Å². The summed E-state index contributed by atoms with van der Waals surface area (Å²) in [6, 6.07) is 0.254. The van der Waals surface area contributed by atoms with Gasteiger partial charge in [0.2, 0.25) is 0 Å². The summed E-state index contributed by atoms with van der Waals surface area (Å²) in [4.78, 5) is 2.28. The number of likely N-dealkylation sites (N-methyl/N-ethyl adjacent to an activating group) is 1. The van der Waals surface area contributed by atoms with Gasteiger partial charge in [0.25, 0.3) is 0 Å². The second-order valence-electron chi connectivity index (χ2n) is 4.97. The van der Waals surface area contributed by atoms with Gasteiger partial charge in [-0.3, -0.25) is 4.90 Å². The van der Waals surface area contributed by atoms with Crippen LogP contribution in [-0.4, -0.2) is 47.8 Å². The SMILES string of the molecule is CN(CC1NCCC1O)C(C)(C)C. The third kappa shape index (κ3) is 2.93. The van der Waals surface area contributed by atoms with Gasteiger partial charge < -0.3 is 10.4 Å². The number of rotatable bonds is 2. The average Bonchev–Trinajstić information content (AvgIpc) is 2.34. The van der Waals surface area contributed by atoms with Gasteiger partial charge in [0.05, 0.1) is 6.10 Å². The van der Waals surface area contributed by atoms with Crippen LogP contribution in [0.5, 0.6) is 0 Å². The minimum absolute atomic E-state index is 0.162. The van der Waals surface area contributed by atoms with Crippen molar-refractivity contribution in [3.8, 4) is 0 Å². The molecule has 0 aromatic heterocycles. The summed E-state index contributed by atoms with van der Waals surface area (Å²) < 4.78 is 0. The van der Waals surface area contributed by atoms with Crippen LogP contribution in [-0.2, 0) is 0 Å². The Kier molecular flexibility index (Phi) is 3.33. The molecule has 0 saturated carbocycles. The lowest BCUT2D eigenvalue weighted by molar-refractivity contribution is 0.104. The summed E-state index contributed by atoms with van der Waals surface area (Å²) in [5, 5.41) is 12.9. The molecule has 1 heterocycles. The maximum absolute atomic E-state index is 9.61. The van der Waals surface area contributed by atoms with Crippen molar-refractivity contribution in [1.82, 2.24) is 10.2 Å². The minimum atomic E-state index is -0.162. The summed E-state index contributed by atoms with van der Waals surface area (Å²) in [7, 11) is 2.10. The van der Waals surface area contributed by atoms with E-state index in [1.165, 1.54) is 0 Å². The number of hydrogen-bond donors (Lipinski definition) is 2. The molecule has 0 amide bonds. The van der Waals surface area contributed by atoms with E-state index < -0.39 is 0 Å². The Morgan fingerprint density at radius 1 is 1.46 bits per heavy atom. The molecule has 1 rings (SSSR count). The first-order valence-electron chi connectivity index (χ1n) is 5.04. The summed E-state index contributed by atoms with van der Waals surface area (Å²) in [5.74, 6) is 0. The molecule has 2 atom stereocenters. The van der Waals surface area contributed by atoms with Crippen LogP contribution < -0.4 is 5.32 Å². The van der Waals surface area contributed by atoms with E-state index in [4.69, 9.17) is 0 Å². The molecule has 0 spiro atoms. The molecule has 1 aliphatic rings. The van der Waals surface area contributed by atoms with Crippen molar-refractivity contribution in [3.05, 3.63) is 0 Å². The highest BCUT2D eigenvalue weighted by atomic mass is 16.3. The molecule has 0 radical (unpaired) electrons. The van der Waals surface area contributed by atoms with Crippen molar-refractivity contribution in [2.45, 2.75) is 44.9 Å². The van der Waals surface area contributed by atoms with Gasteiger partial charge in [-0.1, -0.05) is 0 Å². The van der Waals surface area contributed by atoms with Gasteiger partial charge in [0, 0.05) is 18.1 Å². The predicted molar refractivity (Wildman–Crippen MR) is 54.8 cm³/mol. The van der Waals surface area contributed by atoms with Crippen LogP contribution in [0.3, 0.4) is 0 Å². The maximum Gasteiger partial charge on any atom is 0.0717 e. The zero-order valence-corrected chi connectivity index (χ0v) is 9.17. The average molecular weight is 186 g/mol. The Hall–Kier alpha value is -0.120. The van der Waals surface area contributed by atoms with Gasteiger partial charge in [0.1, 0.15) is 0 Å². The van der Waals surface area contributed by atoms with E-state index in [0.717, 1.165) is 19.5 Å². The fourth-order valence-electron chi connectivity index (χ4n) is 1.51. The van der Waals surface area contributed by atoms with E-state index >= 15 is 0 Å². The van der Waals surface area contributed by atoms with Crippen molar-refractivity contribution in [3.63, 3.8) is 0 Å². The first kappa shape index (κ1) is 11.0. The van der Waals surface area contributed by atoms with E-state index in [1.807, 2.05) is 0 Å². The minimum Gasteiger partial charge on any atom is -0.391 e. The summed E-state index contributed by atoms with van der Waals surface area (Å²) in [6.45, 7) is 8.44. The molecule has 3 nitrogen and oxygen atoms in total. The molecular weight excluding hydrogens is 164 g/mol. The van der Waals surface area contributed by atoms with Gasteiger partial charge in [-0.05, 0) is 40.8 Å². The van der Waals surface area contributed by atoms with Crippen LogP contribution in [0.25, 0.3) is 0 Å². The van der Waals surface area contributed by atoms with E-state index in [0.29, 0.717) is 0 Å². The highest BCUT2D eigenvalue weighted by Crippen LogP contribution is 2.14. The van der Waals surface area contributed by atoms with Crippen molar-refractivity contribution in [2.24, 2.45) is 0 Å². The molecule has 0 aromatic carbocycles. The second kappa shape index (κ2) is 3.95. The molecule has 78 valence electrons. The fourth-order valence-corrected chi connectivity index (χ4v) is 1.51. The number of aliphatic hydroxyl groups is 1.